The van der Waals surface area contributed by atoms with E-state index in [0.29, 0.717) is 16.7 Å². The molecule has 0 amide bonds. The van der Waals surface area contributed by atoms with Crippen molar-refractivity contribution in [1.29, 1.82) is 0 Å². The van der Waals surface area contributed by atoms with Gasteiger partial charge in [0.15, 0.2) is 5.82 Å². The lowest BCUT2D eigenvalue weighted by molar-refractivity contribution is -0.105. The summed E-state index contributed by atoms with van der Waals surface area (Å²) in [6.45, 7) is 3.02. The monoisotopic (exact) mass is 512 g/mol. The second-order valence-electron chi connectivity index (χ2n) is 8.83. The van der Waals surface area contributed by atoms with Gasteiger partial charge in [-0.3, -0.25) is 0 Å². The molecule has 4 rings (SSSR count). The van der Waals surface area contributed by atoms with Crippen molar-refractivity contribution in [3.05, 3.63) is 48.5 Å². The number of anilines is 1. The SMILES string of the molecule is C[C@@H]1CN(c2nn(S(=O)(=O)c3ccc(S(=O)(=O)N(C)C)cc3)c3ccccc23)C[C@H](C)C1(F)F. The maximum absolute atomic E-state index is 14.4. The molecule has 1 aliphatic heterocycles. The Bertz CT molecular complexity index is 1420. The van der Waals surface area contributed by atoms with Crippen LogP contribution in [0.4, 0.5) is 14.6 Å². The van der Waals surface area contributed by atoms with Crippen molar-refractivity contribution in [1.82, 2.24) is 13.5 Å². The molecule has 0 aliphatic carbocycles. The topological polar surface area (TPSA) is 92.6 Å². The third kappa shape index (κ3) is 3.87. The number of hydrogen-bond acceptors (Lipinski definition) is 6. The van der Waals surface area contributed by atoms with Crippen LogP contribution >= 0.6 is 0 Å². The van der Waals surface area contributed by atoms with Gasteiger partial charge in [0.25, 0.3) is 15.9 Å². The molecule has 1 saturated heterocycles. The lowest BCUT2D eigenvalue weighted by Gasteiger charge is -2.41. The number of para-hydroxylation sites is 1. The van der Waals surface area contributed by atoms with Crippen LogP contribution in [0.1, 0.15) is 13.8 Å². The van der Waals surface area contributed by atoms with Crippen LogP contribution in [-0.2, 0) is 20.0 Å². The lowest BCUT2D eigenvalue weighted by Crippen LogP contribution is -2.51. The van der Waals surface area contributed by atoms with Gasteiger partial charge in [-0.05, 0) is 36.4 Å². The average molecular weight is 513 g/mol. The third-order valence-electron chi connectivity index (χ3n) is 6.27. The summed E-state index contributed by atoms with van der Waals surface area (Å²) in [4.78, 5) is 1.52. The largest absolute Gasteiger partial charge is 0.354 e. The summed E-state index contributed by atoms with van der Waals surface area (Å²) in [5, 5.41) is 4.89. The van der Waals surface area contributed by atoms with E-state index in [1.807, 2.05) is 0 Å². The molecule has 0 saturated carbocycles. The zero-order chi connectivity index (χ0) is 25.1. The van der Waals surface area contributed by atoms with Crippen molar-refractivity contribution in [2.45, 2.75) is 29.6 Å². The summed E-state index contributed by atoms with van der Waals surface area (Å²) in [6, 6.07) is 11.6. The molecule has 184 valence electrons. The van der Waals surface area contributed by atoms with Crippen LogP contribution in [0.5, 0.6) is 0 Å². The second kappa shape index (κ2) is 8.28. The zero-order valence-corrected chi connectivity index (χ0v) is 20.8. The summed E-state index contributed by atoms with van der Waals surface area (Å²) >= 11 is 0. The fourth-order valence-corrected chi connectivity index (χ4v) is 6.36. The molecule has 0 radical (unpaired) electrons. The predicted octanol–water partition coefficient (Wildman–Crippen LogP) is 3.25. The quantitative estimate of drug-likeness (QED) is 0.521. The molecule has 1 fully saturated rings. The van der Waals surface area contributed by atoms with E-state index in [1.54, 1.807) is 29.2 Å². The van der Waals surface area contributed by atoms with Crippen LogP contribution in [0.2, 0.25) is 0 Å². The van der Waals surface area contributed by atoms with Gasteiger partial charge in [0.1, 0.15) is 0 Å². The standard InChI is InChI=1S/C22H26F2N4O4S2/c1-15-13-27(14-16(2)22(15,23)24)21-19-7-5-6-8-20(19)28(25-21)34(31,32)18-11-9-17(10-12-18)33(29,30)26(3)4/h5-12,15-16H,13-14H2,1-4H3/t15-,16+. The normalized spacial score (nSPS) is 21.3. The highest BCUT2D eigenvalue weighted by atomic mass is 32.2. The van der Waals surface area contributed by atoms with Crippen molar-refractivity contribution in [2.75, 3.05) is 32.1 Å². The fraction of sp³-hybridized carbons (Fsp3) is 0.409. The number of hydrogen-bond donors (Lipinski definition) is 0. The summed E-state index contributed by atoms with van der Waals surface area (Å²) in [5.74, 6) is -4.36. The van der Waals surface area contributed by atoms with E-state index in [9.17, 15) is 25.6 Å². The Morgan fingerprint density at radius 2 is 1.44 bits per heavy atom. The van der Waals surface area contributed by atoms with Crippen molar-refractivity contribution >= 4 is 36.8 Å². The lowest BCUT2D eigenvalue weighted by atomic mass is 9.87. The fourth-order valence-electron chi connectivity index (χ4n) is 4.17. The van der Waals surface area contributed by atoms with Crippen LogP contribution in [0.3, 0.4) is 0 Å². The van der Waals surface area contributed by atoms with Gasteiger partial charge in [0, 0.05) is 44.4 Å². The van der Waals surface area contributed by atoms with Gasteiger partial charge < -0.3 is 4.90 Å². The third-order valence-corrected chi connectivity index (χ3v) is 9.70. The Labute approximate surface area is 197 Å². The molecule has 0 bridgehead atoms. The molecule has 12 heteroatoms. The van der Waals surface area contributed by atoms with Crippen molar-refractivity contribution in [3.8, 4) is 0 Å². The predicted molar refractivity (Wildman–Crippen MR) is 125 cm³/mol. The van der Waals surface area contributed by atoms with Gasteiger partial charge in [-0.1, -0.05) is 26.0 Å². The molecule has 2 atom stereocenters. The van der Waals surface area contributed by atoms with E-state index < -0.39 is 37.8 Å². The Kier molecular flexibility index (Phi) is 5.98. The number of fused-ring (bicyclic) bond motifs is 1. The Morgan fingerprint density at radius 1 is 0.912 bits per heavy atom. The van der Waals surface area contributed by atoms with E-state index >= 15 is 0 Å². The van der Waals surface area contributed by atoms with E-state index in [4.69, 9.17) is 0 Å². The van der Waals surface area contributed by atoms with Gasteiger partial charge in [0.05, 0.1) is 15.3 Å². The van der Waals surface area contributed by atoms with E-state index in [-0.39, 0.29) is 22.9 Å². The van der Waals surface area contributed by atoms with Crippen LogP contribution in [-0.4, -0.2) is 63.4 Å². The summed E-state index contributed by atoms with van der Waals surface area (Å²) in [5.41, 5.74) is 0.306. The highest BCUT2D eigenvalue weighted by molar-refractivity contribution is 7.90. The van der Waals surface area contributed by atoms with Gasteiger partial charge in [0.2, 0.25) is 10.0 Å². The smallest absolute Gasteiger partial charge is 0.283 e. The average Bonchev–Trinajstić information content (AvgIpc) is 3.18. The van der Waals surface area contributed by atoms with Gasteiger partial charge in [-0.25, -0.2) is 21.5 Å². The Balaban J connectivity index is 1.79. The number of aromatic nitrogens is 2. The molecule has 0 unspecified atom stereocenters. The minimum atomic E-state index is -4.19. The molecule has 2 heterocycles. The molecule has 3 aromatic rings. The van der Waals surface area contributed by atoms with Crippen LogP contribution in [0, 0.1) is 11.8 Å². The van der Waals surface area contributed by atoms with Crippen molar-refractivity contribution in [2.24, 2.45) is 11.8 Å². The van der Waals surface area contributed by atoms with Crippen LogP contribution in [0.25, 0.3) is 10.9 Å². The first-order chi connectivity index (χ1) is 15.8. The van der Waals surface area contributed by atoms with Gasteiger partial charge in [-0.2, -0.15) is 12.5 Å². The van der Waals surface area contributed by atoms with Gasteiger partial charge in [-0.15, -0.1) is 5.10 Å². The maximum Gasteiger partial charge on any atom is 0.283 e. The Hall–Kier alpha value is -2.57. The van der Waals surface area contributed by atoms with Gasteiger partial charge >= 0.3 is 0 Å². The molecule has 2 aromatic carbocycles. The summed E-state index contributed by atoms with van der Waals surface area (Å²) in [6.07, 6.45) is 0. The van der Waals surface area contributed by atoms with E-state index in [0.717, 1.165) is 8.39 Å². The van der Waals surface area contributed by atoms with E-state index in [2.05, 4.69) is 5.10 Å². The molecule has 1 aromatic heterocycles. The highest BCUT2D eigenvalue weighted by Gasteiger charge is 2.47. The summed E-state index contributed by atoms with van der Waals surface area (Å²) in [7, 11) is -5.15. The number of sulfonamides is 1. The van der Waals surface area contributed by atoms with Crippen molar-refractivity contribution < 1.29 is 25.6 Å². The molecule has 1 aliphatic rings. The Morgan fingerprint density at radius 3 is 2.00 bits per heavy atom. The summed E-state index contributed by atoms with van der Waals surface area (Å²) < 4.78 is 82.3. The zero-order valence-electron chi connectivity index (χ0n) is 19.2. The molecule has 8 nitrogen and oxygen atoms in total. The molecule has 0 N–H and O–H groups in total. The minimum Gasteiger partial charge on any atom is -0.354 e. The molecular formula is C22H26F2N4O4S2. The number of rotatable bonds is 5. The molecular weight excluding hydrogens is 486 g/mol. The van der Waals surface area contributed by atoms with Crippen molar-refractivity contribution in [3.63, 3.8) is 0 Å². The number of halogens is 2. The van der Waals surface area contributed by atoms with Crippen LogP contribution in [0.15, 0.2) is 58.3 Å². The van der Waals surface area contributed by atoms with Crippen LogP contribution < -0.4 is 4.90 Å². The first kappa shape index (κ1) is 24.6. The van der Waals surface area contributed by atoms with E-state index in [1.165, 1.54) is 52.2 Å². The second-order valence-corrected chi connectivity index (χ2v) is 12.7. The first-order valence-electron chi connectivity index (χ1n) is 10.7. The number of piperidine rings is 1. The molecule has 0 spiro atoms. The first-order valence-corrected chi connectivity index (χ1v) is 13.5. The number of benzene rings is 2. The number of nitrogens with zero attached hydrogens (tertiary/aromatic N) is 4. The minimum absolute atomic E-state index is 0.0372. The maximum atomic E-state index is 14.4. The highest BCUT2D eigenvalue weighted by Crippen LogP contribution is 2.40. The molecule has 34 heavy (non-hydrogen) atoms. The number of alkyl halides is 2.